The first kappa shape index (κ1) is 23.4. The van der Waals surface area contributed by atoms with Crippen molar-refractivity contribution in [1.82, 2.24) is 10.2 Å². The Morgan fingerprint density at radius 1 is 1.10 bits per heavy atom. The predicted octanol–water partition coefficient (Wildman–Crippen LogP) is 5.02. The summed E-state index contributed by atoms with van der Waals surface area (Å²) < 4.78 is 5.30. The first-order chi connectivity index (χ1) is 14.9. The number of methoxy groups -OCH3 is 1. The number of carbonyl (C=O) groups excluding carboxylic acids is 2. The second-order valence-electron chi connectivity index (χ2n) is 7.96. The lowest BCUT2D eigenvalue weighted by Crippen LogP contribution is -2.50. The van der Waals surface area contributed by atoms with Gasteiger partial charge in [-0.05, 0) is 55.2 Å². The number of benzene rings is 2. The number of halogens is 2. The molecule has 0 radical (unpaired) electrons. The molecule has 1 N–H and O–H groups in total. The van der Waals surface area contributed by atoms with Crippen LogP contribution in [0.4, 0.5) is 0 Å². The van der Waals surface area contributed by atoms with Gasteiger partial charge in [0.2, 0.25) is 11.8 Å². The van der Waals surface area contributed by atoms with E-state index in [9.17, 15) is 9.59 Å². The molecule has 3 rings (SSSR count). The van der Waals surface area contributed by atoms with E-state index in [1.807, 2.05) is 24.3 Å². The number of carbonyl (C=O) groups is 2. The van der Waals surface area contributed by atoms with Crippen LogP contribution in [0.5, 0.6) is 5.75 Å². The van der Waals surface area contributed by atoms with Gasteiger partial charge >= 0.3 is 0 Å². The molecule has 1 atom stereocenters. The summed E-state index contributed by atoms with van der Waals surface area (Å²) in [6.45, 7) is 2.08. The van der Waals surface area contributed by atoms with Crippen molar-refractivity contribution in [3.63, 3.8) is 0 Å². The van der Waals surface area contributed by atoms with E-state index in [1.54, 1.807) is 37.1 Å². The van der Waals surface area contributed by atoms with E-state index >= 15 is 0 Å². The van der Waals surface area contributed by atoms with Crippen molar-refractivity contribution in [3.8, 4) is 5.75 Å². The zero-order valence-electron chi connectivity index (χ0n) is 17.9. The van der Waals surface area contributed by atoms with E-state index in [4.69, 9.17) is 27.9 Å². The maximum Gasteiger partial charge on any atom is 0.242 e. The smallest absolute Gasteiger partial charge is 0.242 e. The fourth-order valence-corrected chi connectivity index (χ4v) is 4.19. The van der Waals surface area contributed by atoms with Crippen molar-refractivity contribution in [1.29, 1.82) is 0 Å². The largest absolute Gasteiger partial charge is 0.497 e. The van der Waals surface area contributed by atoms with Crippen LogP contribution in [0.1, 0.15) is 43.7 Å². The number of ether oxygens (including phenoxy) is 1. The average molecular weight is 463 g/mol. The third-order valence-corrected chi connectivity index (χ3v) is 6.43. The Morgan fingerprint density at radius 3 is 2.52 bits per heavy atom. The van der Waals surface area contributed by atoms with Gasteiger partial charge in [-0.2, -0.15) is 0 Å². The molecule has 5 nitrogen and oxygen atoms in total. The standard InChI is InChI=1S/C24H28Cl2N2O3/c1-16(24(30)27-19-7-3-4-8-19)28(15-18-6-5-9-20(12-18)31-2)23(29)14-17-10-11-21(25)22(26)13-17/h5-6,9-13,16,19H,3-4,7-8,14-15H2,1-2H3,(H,27,30)/t16-/m1/s1. The second kappa shape index (κ2) is 10.9. The van der Waals surface area contributed by atoms with Crippen LogP contribution < -0.4 is 10.1 Å². The van der Waals surface area contributed by atoms with Gasteiger partial charge in [-0.1, -0.05) is 54.2 Å². The summed E-state index contributed by atoms with van der Waals surface area (Å²) in [5.74, 6) is 0.421. The molecule has 0 aromatic heterocycles. The van der Waals surface area contributed by atoms with Crippen molar-refractivity contribution in [2.75, 3.05) is 7.11 Å². The van der Waals surface area contributed by atoms with Crippen molar-refractivity contribution in [2.45, 2.75) is 57.7 Å². The Balaban J connectivity index is 1.79. The molecule has 0 bridgehead atoms. The lowest BCUT2D eigenvalue weighted by molar-refractivity contribution is -0.140. The lowest BCUT2D eigenvalue weighted by Gasteiger charge is -2.30. The van der Waals surface area contributed by atoms with Crippen molar-refractivity contribution in [3.05, 3.63) is 63.6 Å². The number of nitrogens with one attached hydrogen (secondary N) is 1. The lowest BCUT2D eigenvalue weighted by atomic mass is 10.1. The highest BCUT2D eigenvalue weighted by atomic mass is 35.5. The quantitative estimate of drug-likeness (QED) is 0.598. The highest BCUT2D eigenvalue weighted by Crippen LogP contribution is 2.24. The van der Waals surface area contributed by atoms with Crippen LogP contribution in [0.3, 0.4) is 0 Å². The first-order valence-electron chi connectivity index (χ1n) is 10.5. The summed E-state index contributed by atoms with van der Waals surface area (Å²) in [5.41, 5.74) is 1.64. The monoisotopic (exact) mass is 462 g/mol. The van der Waals surface area contributed by atoms with Gasteiger partial charge < -0.3 is 15.0 Å². The van der Waals surface area contributed by atoms with E-state index in [-0.39, 0.29) is 24.3 Å². The summed E-state index contributed by atoms with van der Waals surface area (Å²) in [6.07, 6.45) is 4.37. The molecule has 1 saturated carbocycles. The summed E-state index contributed by atoms with van der Waals surface area (Å²) >= 11 is 12.1. The Morgan fingerprint density at radius 2 is 1.84 bits per heavy atom. The topological polar surface area (TPSA) is 58.6 Å². The van der Waals surface area contributed by atoms with Crippen molar-refractivity contribution < 1.29 is 14.3 Å². The molecule has 0 spiro atoms. The molecule has 1 aliphatic rings. The highest BCUT2D eigenvalue weighted by molar-refractivity contribution is 6.42. The zero-order valence-corrected chi connectivity index (χ0v) is 19.4. The SMILES string of the molecule is COc1cccc(CN(C(=O)Cc2ccc(Cl)c(Cl)c2)[C@H](C)C(=O)NC2CCCC2)c1. The Hall–Kier alpha value is -2.24. The van der Waals surface area contributed by atoms with Crippen LogP contribution in [0, 0.1) is 0 Å². The summed E-state index contributed by atoms with van der Waals surface area (Å²) in [6, 6.07) is 12.2. The fourth-order valence-electron chi connectivity index (χ4n) is 3.87. The van der Waals surface area contributed by atoms with Crippen LogP contribution in [-0.4, -0.2) is 35.9 Å². The van der Waals surface area contributed by atoms with Gasteiger partial charge in [0, 0.05) is 12.6 Å². The maximum atomic E-state index is 13.3. The van der Waals surface area contributed by atoms with Crippen LogP contribution >= 0.6 is 23.2 Å². The van der Waals surface area contributed by atoms with E-state index < -0.39 is 6.04 Å². The number of nitrogens with zero attached hydrogens (tertiary/aromatic N) is 1. The van der Waals surface area contributed by atoms with Gasteiger partial charge in [0.05, 0.1) is 23.6 Å². The molecule has 0 heterocycles. The summed E-state index contributed by atoms with van der Waals surface area (Å²) in [4.78, 5) is 27.8. The second-order valence-corrected chi connectivity index (χ2v) is 8.78. The molecule has 31 heavy (non-hydrogen) atoms. The third kappa shape index (κ3) is 6.37. The van der Waals surface area contributed by atoms with Gasteiger partial charge in [-0.15, -0.1) is 0 Å². The van der Waals surface area contributed by atoms with Crippen LogP contribution in [0.2, 0.25) is 10.0 Å². The molecular formula is C24H28Cl2N2O3. The predicted molar refractivity (Wildman–Crippen MR) is 124 cm³/mol. The summed E-state index contributed by atoms with van der Waals surface area (Å²) in [7, 11) is 1.60. The number of rotatable bonds is 8. The Kier molecular flexibility index (Phi) is 8.22. The van der Waals surface area contributed by atoms with Gasteiger partial charge in [0.15, 0.2) is 0 Å². The molecule has 0 saturated heterocycles. The number of amides is 2. The zero-order chi connectivity index (χ0) is 22.4. The van der Waals surface area contributed by atoms with Crippen LogP contribution in [0.15, 0.2) is 42.5 Å². The van der Waals surface area contributed by atoms with Gasteiger partial charge in [-0.3, -0.25) is 9.59 Å². The van der Waals surface area contributed by atoms with E-state index in [2.05, 4.69) is 5.32 Å². The van der Waals surface area contributed by atoms with Crippen LogP contribution in [-0.2, 0) is 22.6 Å². The minimum absolute atomic E-state index is 0.127. The van der Waals surface area contributed by atoms with E-state index in [0.29, 0.717) is 22.3 Å². The highest BCUT2D eigenvalue weighted by Gasteiger charge is 2.28. The molecule has 2 aromatic carbocycles. The van der Waals surface area contributed by atoms with Gasteiger partial charge in [-0.25, -0.2) is 0 Å². The molecule has 2 aromatic rings. The first-order valence-corrected chi connectivity index (χ1v) is 11.3. The van der Waals surface area contributed by atoms with Gasteiger partial charge in [0.25, 0.3) is 0 Å². The molecule has 7 heteroatoms. The van der Waals surface area contributed by atoms with Crippen molar-refractivity contribution >= 4 is 35.0 Å². The van der Waals surface area contributed by atoms with Crippen molar-refractivity contribution in [2.24, 2.45) is 0 Å². The normalized spacial score (nSPS) is 14.8. The summed E-state index contributed by atoms with van der Waals surface area (Å²) in [5, 5.41) is 3.95. The molecule has 166 valence electrons. The number of hydrogen-bond donors (Lipinski definition) is 1. The maximum absolute atomic E-state index is 13.3. The molecular weight excluding hydrogens is 435 g/mol. The van der Waals surface area contributed by atoms with E-state index in [1.165, 1.54) is 0 Å². The third-order valence-electron chi connectivity index (χ3n) is 5.70. The molecule has 1 aliphatic carbocycles. The van der Waals surface area contributed by atoms with E-state index in [0.717, 1.165) is 36.8 Å². The average Bonchev–Trinajstić information content (AvgIpc) is 3.27. The minimum atomic E-state index is -0.609. The number of hydrogen-bond acceptors (Lipinski definition) is 3. The Labute approximate surface area is 193 Å². The van der Waals surface area contributed by atoms with Gasteiger partial charge in [0.1, 0.15) is 11.8 Å². The molecule has 2 amide bonds. The Bertz CT molecular complexity index is 929. The fraction of sp³-hybridized carbons (Fsp3) is 0.417. The minimum Gasteiger partial charge on any atom is -0.497 e. The van der Waals surface area contributed by atoms with Crippen LogP contribution in [0.25, 0.3) is 0 Å². The molecule has 0 aliphatic heterocycles. The molecule has 1 fully saturated rings. The molecule has 0 unspecified atom stereocenters.